The summed E-state index contributed by atoms with van der Waals surface area (Å²) in [4.78, 5) is 0. The SMILES string of the molecule is CCOC1C(Cl)CC1OCC1CC1. The first kappa shape index (κ1) is 9.75. The van der Waals surface area contributed by atoms with Crippen molar-refractivity contribution in [1.29, 1.82) is 0 Å². The molecular weight excluding hydrogens is 188 g/mol. The summed E-state index contributed by atoms with van der Waals surface area (Å²) in [5.74, 6) is 0.830. The highest BCUT2D eigenvalue weighted by Crippen LogP contribution is 2.35. The normalized spacial score (nSPS) is 38.8. The van der Waals surface area contributed by atoms with Crippen LogP contribution < -0.4 is 0 Å². The number of hydrogen-bond acceptors (Lipinski definition) is 2. The van der Waals surface area contributed by atoms with E-state index in [0.29, 0.717) is 0 Å². The molecule has 0 radical (unpaired) electrons. The smallest absolute Gasteiger partial charge is 0.100 e. The summed E-state index contributed by atoms with van der Waals surface area (Å²) in [5.41, 5.74) is 0. The second-order valence-corrected chi connectivity index (χ2v) is 4.55. The Balaban J connectivity index is 1.66. The van der Waals surface area contributed by atoms with E-state index in [0.717, 1.165) is 25.6 Å². The zero-order valence-corrected chi connectivity index (χ0v) is 8.80. The largest absolute Gasteiger partial charge is 0.375 e. The summed E-state index contributed by atoms with van der Waals surface area (Å²) in [5, 5.41) is 0.171. The van der Waals surface area contributed by atoms with Crippen LogP contribution in [0.1, 0.15) is 26.2 Å². The molecule has 0 aromatic rings. The lowest BCUT2D eigenvalue weighted by Gasteiger charge is -2.40. The fourth-order valence-electron chi connectivity index (χ4n) is 1.64. The maximum atomic E-state index is 6.01. The molecule has 0 N–H and O–H groups in total. The van der Waals surface area contributed by atoms with Crippen molar-refractivity contribution in [3.05, 3.63) is 0 Å². The molecular formula is C10H17ClO2. The zero-order valence-electron chi connectivity index (χ0n) is 8.04. The molecule has 0 heterocycles. The molecule has 2 saturated carbocycles. The second-order valence-electron chi connectivity index (χ2n) is 3.99. The van der Waals surface area contributed by atoms with E-state index in [1.165, 1.54) is 12.8 Å². The van der Waals surface area contributed by atoms with E-state index in [-0.39, 0.29) is 17.6 Å². The van der Waals surface area contributed by atoms with Crippen LogP contribution in [0.3, 0.4) is 0 Å². The summed E-state index contributed by atoms with van der Waals surface area (Å²) in [6.07, 6.45) is 4.06. The van der Waals surface area contributed by atoms with E-state index in [9.17, 15) is 0 Å². The highest BCUT2D eigenvalue weighted by Gasteiger charge is 2.42. The predicted octanol–water partition coefficient (Wildman–Crippen LogP) is 2.20. The highest BCUT2D eigenvalue weighted by atomic mass is 35.5. The van der Waals surface area contributed by atoms with E-state index in [4.69, 9.17) is 21.1 Å². The first-order valence-electron chi connectivity index (χ1n) is 5.18. The number of hydrogen-bond donors (Lipinski definition) is 0. The molecule has 13 heavy (non-hydrogen) atoms. The first-order chi connectivity index (χ1) is 6.31. The molecule has 0 aromatic carbocycles. The van der Waals surface area contributed by atoms with E-state index in [2.05, 4.69) is 0 Å². The van der Waals surface area contributed by atoms with Gasteiger partial charge in [0.2, 0.25) is 0 Å². The topological polar surface area (TPSA) is 18.5 Å². The van der Waals surface area contributed by atoms with Crippen LogP contribution in [-0.2, 0) is 9.47 Å². The summed E-state index contributed by atoms with van der Waals surface area (Å²) >= 11 is 6.01. The van der Waals surface area contributed by atoms with Crippen molar-refractivity contribution in [2.75, 3.05) is 13.2 Å². The molecule has 0 amide bonds. The van der Waals surface area contributed by atoms with Crippen LogP contribution in [-0.4, -0.2) is 30.8 Å². The summed E-state index contributed by atoms with van der Waals surface area (Å²) in [6, 6.07) is 0. The molecule has 0 spiro atoms. The first-order valence-corrected chi connectivity index (χ1v) is 5.62. The zero-order chi connectivity index (χ0) is 9.26. The Kier molecular flexibility index (Phi) is 3.12. The van der Waals surface area contributed by atoms with Gasteiger partial charge in [-0.15, -0.1) is 11.6 Å². The molecule has 0 aromatic heterocycles. The van der Waals surface area contributed by atoms with Crippen LogP contribution in [0.15, 0.2) is 0 Å². The van der Waals surface area contributed by atoms with Gasteiger partial charge in [0.1, 0.15) is 6.10 Å². The summed E-state index contributed by atoms with van der Waals surface area (Å²) < 4.78 is 11.2. The quantitative estimate of drug-likeness (QED) is 0.640. The van der Waals surface area contributed by atoms with Crippen LogP contribution in [0.4, 0.5) is 0 Å². The molecule has 76 valence electrons. The van der Waals surface area contributed by atoms with Crippen LogP contribution in [0, 0.1) is 5.92 Å². The van der Waals surface area contributed by atoms with Gasteiger partial charge in [-0.05, 0) is 32.1 Å². The van der Waals surface area contributed by atoms with Crippen molar-refractivity contribution >= 4 is 11.6 Å². The Hall–Kier alpha value is 0.210. The minimum atomic E-state index is 0.144. The molecule has 2 aliphatic rings. The molecule has 2 nitrogen and oxygen atoms in total. The van der Waals surface area contributed by atoms with Gasteiger partial charge in [-0.1, -0.05) is 0 Å². The van der Waals surface area contributed by atoms with Gasteiger partial charge in [-0.25, -0.2) is 0 Å². The van der Waals surface area contributed by atoms with Crippen molar-refractivity contribution < 1.29 is 9.47 Å². The van der Waals surface area contributed by atoms with E-state index < -0.39 is 0 Å². The molecule has 3 atom stereocenters. The third-order valence-electron chi connectivity index (χ3n) is 2.78. The molecule has 0 saturated heterocycles. The Bertz CT molecular complexity index is 170. The summed E-state index contributed by atoms with van der Waals surface area (Å²) in [6.45, 7) is 3.65. The lowest BCUT2D eigenvalue weighted by atomic mass is 9.91. The molecule has 0 aliphatic heterocycles. The molecule has 3 heteroatoms. The van der Waals surface area contributed by atoms with Gasteiger partial charge in [0.25, 0.3) is 0 Å². The number of alkyl halides is 1. The number of ether oxygens (including phenoxy) is 2. The molecule has 0 bridgehead atoms. The van der Waals surface area contributed by atoms with E-state index >= 15 is 0 Å². The third-order valence-corrected chi connectivity index (χ3v) is 3.21. The van der Waals surface area contributed by atoms with Gasteiger partial charge < -0.3 is 9.47 Å². The highest BCUT2D eigenvalue weighted by molar-refractivity contribution is 6.21. The van der Waals surface area contributed by atoms with Gasteiger partial charge in [0.05, 0.1) is 11.5 Å². The average Bonchev–Trinajstić information content (AvgIpc) is 2.91. The summed E-state index contributed by atoms with van der Waals surface area (Å²) in [7, 11) is 0. The monoisotopic (exact) mass is 204 g/mol. The molecule has 2 aliphatic carbocycles. The predicted molar refractivity (Wildman–Crippen MR) is 52.1 cm³/mol. The third kappa shape index (κ3) is 2.36. The molecule has 3 unspecified atom stereocenters. The Morgan fingerprint density at radius 1 is 1.31 bits per heavy atom. The fourth-order valence-corrected chi connectivity index (χ4v) is 2.05. The molecule has 2 fully saturated rings. The lowest BCUT2D eigenvalue weighted by molar-refractivity contribution is -0.123. The standard InChI is InChI=1S/C10H17ClO2/c1-2-12-10-8(11)5-9(10)13-6-7-3-4-7/h7-10H,2-6H2,1H3. The van der Waals surface area contributed by atoms with Gasteiger partial charge in [-0.2, -0.15) is 0 Å². The van der Waals surface area contributed by atoms with Crippen molar-refractivity contribution in [1.82, 2.24) is 0 Å². The van der Waals surface area contributed by atoms with Gasteiger partial charge >= 0.3 is 0 Å². The Labute approximate surface area is 84.5 Å². The number of halogens is 1. The fraction of sp³-hybridized carbons (Fsp3) is 1.00. The van der Waals surface area contributed by atoms with E-state index in [1.807, 2.05) is 6.92 Å². The van der Waals surface area contributed by atoms with Crippen molar-refractivity contribution in [3.63, 3.8) is 0 Å². The van der Waals surface area contributed by atoms with Gasteiger partial charge in [0.15, 0.2) is 0 Å². The van der Waals surface area contributed by atoms with Crippen molar-refractivity contribution in [2.45, 2.75) is 43.8 Å². The Morgan fingerprint density at radius 2 is 2.08 bits per heavy atom. The molecule has 2 rings (SSSR count). The Morgan fingerprint density at radius 3 is 2.62 bits per heavy atom. The average molecular weight is 205 g/mol. The van der Waals surface area contributed by atoms with Crippen LogP contribution in [0.2, 0.25) is 0 Å². The maximum absolute atomic E-state index is 6.01. The van der Waals surface area contributed by atoms with Crippen molar-refractivity contribution in [2.24, 2.45) is 5.92 Å². The maximum Gasteiger partial charge on any atom is 0.100 e. The number of rotatable bonds is 5. The van der Waals surface area contributed by atoms with Gasteiger partial charge in [-0.3, -0.25) is 0 Å². The van der Waals surface area contributed by atoms with E-state index in [1.54, 1.807) is 0 Å². The minimum Gasteiger partial charge on any atom is -0.375 e. The van der Waals surface area contributed by atoms with Crippen LogP contribution in [0.25, 0.3) is 0 Å². The lowest BCUT2D eigenvalue weighted by Crippen LogP contribution is -2.51. The second kappa shape index (κ2) is 4.16. The van der Waals surface area contributed by atoms with Crippen LogP contribution >= 0.6 is 11.6 Å². The van der Waals surface area contributed by atoms with Gasteiger partial charge in [0, 0.05) is 13.2 Å². The minimum absolute atomic E-state index is 0.144. The van der Waals surface area contributed by atoms with Crippen molar-refractivity contribution in [3.8, 4) is 0 Å². The van der Waals surface area contributed by atoms with Crippen LogP contribution in [0.5, 0.6) is 0 Å².